The molecule has 0 unspecified atom stereocenters. The minimum Gasteiger partial charge on any atom is -0.496 e. The molecular formula is C25H36N6O. The van der Waals surface area contributed by atoms with Gasteiger partial charge in [-0.15, -0.1) is 0 Å². The average Bonchev–Trinajstić information content (AvgIpc) is 3.16. The molecule has 7 nitrogen and oxygen atoms in total. The van der Waals surface area contributed by atoms with Crippen LogP contribution in [0.25, 0.3) is 11.0 Å². The van der Waals surface area contributed by atoms with Gasteiger partial charge in [0.05, 0.1) is 19.2 Å². The Balaban J connectivity index is 1.50. The van der Waals surface area contributed by atoms with Crippen LogP contribution in [0.4, 0.5) is 11.8 Å². The van der Waals surface area contributed by atoms with Crippen LogP contribution in [0.2, 0.25) is 0 Å². The van der Waals surface area contributed by atoms with E-state index >= 15 is 0 Å². The highest BCUT2D eigenvalue weighted by Gasteiger charge is 2.17. The monoisotopic (exact) mass is 436 g/mol. The summed E-state index contributed by atoms with van der Waals surface area (Å²) >= 11 is 0. The van der Waals surface area contributed by atoms with E-state index in [9.17, 15) is 0 Å². The van der Waals surface area contributed by atoms with Crippen LogP contribution in [0.3, 0.4) is 0 Å². The number of fused-ring (bicyclic) bond motifs is 1. The second-order valence-corrected chi connectivity index (χ2v) is 8.82. The fourth-order valence-corrected chi connectivity index (χ4v) is 4.29. The number of anilines is 2. The van der Waals surface area contributed by atoms with E-state index in [0.29, 0.717) is 12.5 Å². The van der Waals surface area contributed by atoms with E-state index in [1.807, 2.05) is 12.3 Å². The van der Waals surface area contributed by atoms with Crippen molar-refractivity contribution in [2.24, 2.45) is 5.92 Å². The first-order chi connectivity index (χ1) is 15.7. The molecule has 7 heteroatoms. The molecular weight excluding hydrogens is 400 g/mol. The lowest BCUT2D eigenvalue weighted by molar-refractivity contribution is 0.301. The molecule has 0 radical (unpaired) electrons. The van der Waals surface area contributed by atoms with Gasteiger partial charge in [0.2, 0.25) is 5.95 Å². The minimum atomic E-state index is 0.296. The zero-order valence-electron chi connectivity index (χ0n) is 19.4. The van der Waals surface area contributed by atoms with Gasteiger partial charge in [-0.2, -0.15) is 4.98 Å². The Morgan fingerprint density at radius 2 is 2.06 bits per heavy atom. The summed E-state index contributed by atoms with van der Waals surface area (Å²) in [6.07, 6.45) is 9.64. The lowest BCUT2D eigenvalue weighted by atomic mass is 9.85. The van der Waals surface area contributed by atoms with Crippen molar-refractivity contribution < 1.29 is 4.74 Å². The maximum atomic E-state index is 5.95. The number of rotatable bonds is 12. The Hall–Kier alpha value is -2.80. The van der Waals surface area contributed by atoms with Crippen LogP contribution in [0.15, 0.2) is 30.5 Å². The number of unbranched alkanes of at least 4 members (excludes halogenated alkanes) is 2. The summed E-state index contributed by atoms with van der Waals surface area (Å²) in [6.45, 7) is 5.74. The molecule has 3 aromatic rings. The highest BCUT2D eigenvalue weighted by molar-refractivity contribution is 5.87. The molecule has 1 aliphatic rings. The molecule has 1 aromatic carbocycles. The van der Waals surface area contributed by atoms with E-state index < -0.39 is 0 Å². The SMILES string of the molecule is CCCCCNc1nc(N)nc2ccn(Cc3ccc(CNCC4CCC4)cc3OC)c12. The van der Waals surface area contributed by atoms with E-state index in [1.165, 1.54) is 37.7 Å². The van der Waals surface area contributed by atoms with Crippen LogP contribution in [0, 0.1) is 5.92 Å². The van der Waals surface area contributed by atoms with E-state index in [0.717, 1.165) is 60.1 Å². The molecule has 0 amide bonds. The number of hydrogen-bond acceptors (Lipinski definition) is 6. The fourth-order valence-electron chi connectivity index (χ4n) is 4.29. The molecule has 0 spiro atoms. The van der Waals surface area contributed by atoms with Crippen LogP contribution in [0.5, 0.6) is 5.75 Å². The Bertz CT molecular complexity index is 1030. The largest absolute Gasteiger partial charge is 0.496 e. The zero-order chi connectivity index (χ0) is 22.3. The minimum absolute atomic E-state index is 0.296. The number of nitrogens with two attached hydrogens (primary N) is 1. The van der Waals surface area contributed by atoms with Gasteiger partial charge in [0.1, 0.15) is 11.3 Å². The number of nitrogens with zero attached hydrogens (tertiary/aromatic N) is 3. The quantitative estimate of drug-likeness (QED) is 0.361. The molecule has 1 saturated carbocycles. The van der Waals surface area contributed by atoms with Gasteiger partial charge >= 0.3 is 0 Å². The Kier molecular flexibility index (Phi) is 7.47. The second-order valence-electron chi connectivity index (χ2n) is 8.82. The number of aromatic nitrogens is 3. The van der Waals surface area contributed by atoms with Gasteiger partial charge in [0.15, 0.2) is 5.82 Å². The molecule has 0 saturated heterocycles. The number of benzene rings is 1. The lowest BCUT2D eigenvalue weighted by Gasteiger charge is -2.25. The molecule has 1 fully saturated rings. The third kappa shape index (κ3) is 5.33. The van der Waals surface area contributed by atoms with Crippen LogP contribution < -0.4 is 21.1 Å². The third-order valence-corrected chi connectivity index (χ3v) is 6.38. The second kappa shape index (κ2) is 10.7. The highest BCUT2D eigenvalue weighted by atomic mass is 16.5. The van der Waals surface area contributed by atoms with Crippen molar-refractivity contribution in [1.29, 1.82) is 0 Å². The van der Waals surface area contributed by atoms with Gasteiger partial charge in [0.25, 0.3) is 0 Å². The highest BCUT2D eigenvalue weighted by Crippen LogP contribution is 2.28. The van der Waals surface area contributed by atoms with Crippen LogP contribution in [0.1, 0.15) is 56.6 Å². The van der Waals surface area contributed by atoms with Crippen molar-refractivity contribution in [2.45, 2.75) is 58.5 Å². The average molecular weight is 437 g/mol. The van der Waals surface area contributed by atoms with Crippen LogP contribution in [-0.2, 0) is 13.1 Å². The van der Waals surface area contributed by atoms with Crippen molar-refractivity contribution in [3.63, 3.8) is 0 Å². The van der Waals surface area contributed by atoms with E-state index in [2.05, 4.69) is 50.3 Å². The summed E-state index contributed by atoms with van der Waals surface area (Å²) in [5.74, 6) is 2.86. The van der Waals surface area contributed by atoms with Crippen LogP contribution >= 0.6 is 0 Å². The van der Waals surface area contributed by atoms with Crippen molar-refractivity contribution in [3.8, 4) is 5.75 Å². The smallest absolute Gasteiger partial charge is 0.222 e. The molecule has 2 heterocycles. The van der Waals surface area contributed by atoms with Crippen molar-refractivity contribution in [3.05, 3.63) is 41.6 Å². The number of hydrogen-bond donors (Lipinski definition) is 3. The van der Waals surface area contributed by atoms with Gasteiger partial charge in [-0.05, 0) is 49.4 Å². The normalized spacial score (nSPS) is 13.9. The molecule has 4 N–H and O–H groups in total. The summed E-state index contributed by atoms with van der Waals surface area (Å²) < 4.78 is 7.91. The summed E-state index contributed by atoms with van der Waals surface area (Å²) in [5.41, 5.74) is 10.2. The Morgan fingerprint density at radius 3 is 2.81 bits per heavy atom. The van der Waals surface area contributed by atoms with Gasteiger partial charge < -0.3 is 25.7 Å². The predicted molar refractivity (Wildman–Crippen MR) is 131 cm³/mol. The summed E-state index contributed by atoms with van der Waals surface area (Å²) in [5, 5.41) is 7.05. The molecule has 0 atom stereocenters. The molecule has 0 bridgehead atoms. The van der Waals surface area contributed by atoms with Gasteiger partial charge in [-0.25, -0.2) is 4.98 Å². The first-order valence-electron chi connectivity index (χ1n) is 11.9. The first kappa shape index (κ1) is 22.4. The Labute approximate surface area is 190 Å². The molecule has 0 aliphatic heterocycles. The maximum Gasteiger partial charge on any atom is 0.222 e. The van der Waals surface area contributed by atoms with Crippen molar-refractivity contribution >= 4 is 22.8 Å². The van der Waals surface area contributed by atoms with Crippen molar-refractivity contribution in [1.82, 2.24) is 19.9 Å². The predicted octanol–water partition coefficient (Wildman–Crippen LogP) is 4.56. The summed E-state index contributed by atoms with van der Waals surface area (Å²) in [7, 11) is 1.74. The topological polar surface area (TPSA) is 90.0 Å². The third-order valence-electron chi connectivity index (χ3n) is 6.38. The molecule has 2 aromatic heterocycles. The number of nitrogen functional groups attached to an aromatic ring is 1. The molecule has 4 rings (SSSR count). The van der Waals surface area contributed by atoms with E-state index in [-0.39, 0.29) is 0 Å². The zero-order valence-corrected chi connectivity index (χ0v) is 19.4. The van der Waals surface area contributed by atoms with Gasteiger partial charge in [-0.1, -0.05) is 38.3 Å². The van der Waals surface area contributed by atoms with Crippen LogP contribution in [-0.4, -0.2) is 34.7 Å². The maximum absolute atomic E-state index is 5.95. The molecule has 1 aliphatic carbocycles. The van der Waals surface area contributed by atoms with Gasteiger partial charge in [-0.3, -0.25) is 0 Å². The molecule has 172 valence electrons. The Morgan fingerprint density at radius 1 is 1.19 bits per heavy atom. The standard InChI is InChI=1S/C25H36N6O/c1-3-4-5-12-28-24-23-21(29-25(26)30-24)11-13-31(23)17-20-10-9-19(14-22(20)32-2)16-27-15-18-7-6-8-18/h9-11,13-14,18,27H,3-8,12,15-17H2,1-2H3,(H3,26,28,29,30). The molecule has 32 heavy (non-hydrogen) atoms. The number of methoxy groups -OCH3 is 1. The summed E-state index contributed by atoms with van der Waals surface area (Å²) in [4.78, 5) is 8.91. The lowest BCUT2D eigenvalue weighted by Crippen LogP contribution is -2.26. The first-order valence-corrected chi connectivity index (χ1v) is 11.9. The van der Waals surface area contributed by atoms with Gasteiger partial charge in [0, 0.05) is 24.8 Å². The van der Waals surface area contributed by atoms with Crippen molar-refractivity contribution in [2.75, 3.05) is 31.2 Å². The van der Waals surface area contributed by atoms with E-state index in [4.69, 9.17) is 10.5 Å². The number of nitrogens with one attached hydrogen (secondary N) is 2. The summed E-state index contributed by atoms with van der Waals surface area (Å²) in [6, 6.07) is 8.50. The number of ether oxygens (including phenoxy) is 1. The van der Waals surface area contributed by atoms with E-state index in [1.54, 1.807) is 7.11 Å². The fraction of sp³-hybridized carbons (Fsp3) is 0.520.